The van der Waals surface area contributed by atoms with Gasteiger partial charge in [-0.25, -0.2) is 15.0 Å². The van der Waals surface area contributed by atoms with Crippen LogP contribution in [0.5, 0.6) is 5.75 Å². The molecule has 2 fully saturated rings. The van der Waals surface area contributed by atoms with Crippen molar-refractivity contribution >= 4 is 28.9 Å². The van der Waals surface area contributed by atoms with Crippen molar-refractivity contribution in [1.29, 1.82) is 5.41 Å². The number of hydrogen-bond acceptors (Lipinski definition) is 8. The lowest BCUT2D eigenvalue weighted by Gasteiger charge is -2.32. The van der Waals surface area contributed by atoms with Crippen LogP contribution in [0.3, 0.4) is 0 Å². The van der Waals surface area contributed by atoms with Crippen LogP contribution in [0.25, 0.3) is 11.2 Å². The standard InChI is InChI=1S/C25H34N8O/c1-31-12-14-32(15-13-31)11-6-16-34-21-10-5-4-9-20(21)28-24-23-25(30-22(17-26)29-24)33(18-27-23)19-7-2-3-8-19/h4-5,9-10,17-19,26H,2-3,6-8,11-16H2,1H3,(H,28,29,30). The van der Waals surface area contributed by atoms with Crippen molar-refractivity contribution in [3.8, 4) is 5.75 Å². The molecule has 3 aromatic rings. The topological polar surface area (TPSA) is 95.2 Å². The van der Waals surface area contributed by atoms with Gasteiger partial charge in [-0.15, -0.1) is 0 Å². The molecule has 2 N–H and O–H groups in total. The number of para-hydroxylation sites is 2. The van der Waals surface area contributed by atoms with E-state index in [1.54, 1.807) is 0 Å². The van der Waals surface area contributed by atoms with E-state index in [1.807, 2.05) is 30.6 Å². The number of nitrogens with one attached hydrogen (secondary N) is 2. The first-order valence-corrected chi connectivity index (χ1v) is 12.4. The fourth-order valence-electron chi connectivity index (χ4n) is 4.90. The molecule has 0 unspecified atom stereocenters. The van der Waals surface area contributed by atoms with Crippen LogP contribution in [0, 0.1) is 5.41 Å². The molecule has 1 saturated carbocycles. The molecule has 34 heavy (non-hydrogen) atoms. The Kier molecular flexibility index (Phi) is 7.01. The van der Waals surface area contributed by atoms with Gasteiger partial charge in [0.1, 0.15) is 5.75 Å². The second kappa shape index (κ2) is 10.5. The maximum atomic E-state index is 7.74. The number of piperazine rings is 1. The van der Waals surface area contributed by atoms with Crippen molar-refractivity contribution < 1.29 is 4.74 Å². The summed E-state index contributed by atoms with van der Waals surface area (Å²) in [4.78, 5) is 18.7. The van der Waals surface area contributed by atoms with Gasteiger partial charge in [0.25, 0.3) is 0 Å². The predicted octanol–water partition coefficient (Wildman–Crippen LogP) is 3.70. The number of aromatic nitrogens is 4. The summed E-state index contributed by atoms with van der Waals surface area (Å²) < 4.78 is 8.32. The van der Waals surface area contributed by atoms with Crippen LogP contribution in [-0.2, 0) is 0 Å². The molecule has 9 nitrogen and oxygen atoms in total. The van der Waals surface area contributed by atoms with Crippen LogP contribution in [0.1, 0.15) is 44.0 Å². The largest absolute Gasteiger partial charge is 0.491 e. The van der Waals surface area contributed by atoms with E-state index < -0.39 is 0 Å². The fourth-order valence-corrected chi connectivity index (χ4v) is 4.90. The summed E-state index contributed by atoms with van der Waals surface area (Å²) in [6.07, 6.45) is 8.80. The summed E-state index contributed by atoms with van der Waals surface area (Å²) in [6.45, 7) is 6.23. The van der Waals surface area contributed by atoms with Gasteiger partial charge in [-0.05, 0) is 38.4 Å². The SMILES string of the molecule is CN1CCN(CCCOc2ccccc2Nc2nc(C=N)nc3c2ncn3C2CCCC2)CC1. The van der Waals surface area contributed by atoms with Gasteiger partial charge in [0.05, 0.1) is 24.8 Å². The fraction of sp³-hybridized carbons (Fsp3) is 0.520. The average molecular weight is 463 g/mol. The van der Waals surface area contributed by atoms with Gasteiger partial charge < -0.3 is 29.8 Å². The summed E-state index contributed by atoms with van der Waals surface area (Å²) in [5, 5.41) is 11.2. The molecule has 0 bridgehead atoms. The molecule has 1 aliphatic heterocycles. The number of anilines is 2. The van der Waals surface area contributed by atoms with E-state index in [9.17, 15) is 0 Å². The van der Waals surface area contributed by atoms with E-state index in [1.165, 1.54) is 19.1 Å². The third-order valence-electron chi connectivity index (χ3n) is 6.90. The van der Waals surface area contributed by atoms with E-state index in [0.717, 1.165) is 74.6 Å². The number of fused-ring (bicyclic) bond motifs is 1. The lowest BCUT2D eigenvalue weighted by Crippen LogP contribution is -2.44. The molecule has 2 aliphatic rings. The zero-order chi connectivity index (χ0) is 23.3. The number of rotatable bonds is 9. The molecule has 1 aromatic carbocycles. The molecular formula is C25H34N8O. The Balaban J connectivity index is 1.29. The second-order valence-corrected chi connectivity index (χ2v) is 9.31. The van der Waals surface area contributed by atoms with E-state index in [4.69, 9.17) is 10.1 Å². The first-order chi connectivity index (χ1) is 16.7. The first-order valence-electron chi connectivity index (χ1n) is 12.4. The molecule has 0 atom stereocenters. The minimum absolute atomic E-state index is 0.375. The summed E-state index contributed by atoms with van der Waals surface area (Å²) in [5.41, 5.74) is 2.35. The number of imidazole rings is 1. The van der Waals surface area contributed by atoms with Crippen LogP contribution in [0.4, 0.5) is 11.5 Å². The van der Waals surface area contributed by atoms with Crippen molar-refractivity contribution in [2.75, 3.05) is 51.7 Å². The molecule has 0 amide bonds. The molecular weight excluding hydrogens is 428 g/mol. The predicted molar refractivity (Wildman–Crippen MR) is 134 cm³/mol. The molecule has 1 saturated heterocycles. The van der Waals surface area contributed by atoms with Gasteiger partial charge in [-0.1, -0.05) is 25.0 Å². The van der Waals surface area contributed by atoms with Gasteiger partial charge >= 0.3 is 0 Å². The number of likely N-dealkylation sites (N-methyl/N-ethyl adjacent to an activating group) is 1. The normalized spacial score (nSPS) is 17.9. The smallest absolute Gasteiger partial charge is 0.174 e. The lowest BCUT2D eigenvalue weighted by atomic mass is 10.2. The molecule has 2 aromatic heterocycles. The molecule has 1 aliphatic carbocycles. The maximum Gasteiger partial charge on any atom is 0.174 e. The second-order valence-electron chi connectivity index (χ2n) is 9.31. The number of ether oxygens (including phenoxy) is 1. The Morgan fingerprint density at radius 2 is 1.91 bits per heavy atom. The van der Waals surface area contributed by atoms with E-state index >= 15 is 0 Å². The summed E-state index contributed by atoms with van der Waals surface area (Å²) in [5.74, 6) is 1.77. The summed E-state index contributed by atoms with van der Waals surface area (Å²) in [6, 6.07) is 8.34. The van der Waals surface area contributed by atoms with E-state index in [-0.39, 0.29) is 0 Å². The number of benzene rings is 1. The highest BCUT2D eigenvalue weighted by Crippen LogP contribution is 2.34. The Labute approximate surface area is 200 Å². The van der Waals surface area contributed by atoms with Crippen molar-refractivity contribution in [2.45, 2.75) is 38.1 Å². The highest BCUT2D eigenvalue weighted by Gasteiger charge is 2.22. The zero-order valence-electron chi connectivity index (χ0n) is 19.9. The molecule has 0 radical (unpaired) electrons. The van der Waals surface area contributed by atoms with Crippen molar-refractivity contribution in [2.24, 2.45) is 0 Å². The summed E-state index contributed by atoms with van der Waals surface area (Å²) in [7, 11) is 2.18. The number of hydrogen-bond donors (Lipinski definition) is 2. The Morgan fingerprint density at radius 3 is 2.71 bits per heavy atom. The van der Waals surface area contributed by atoms with E-state index in [2.05, 4.69) is 41.7 Å². The van der Waals surface area contributed by atoms with Crippen LogP contribution < -0.4 is 10.1 Å². The Morgan fingerprint density at radius 1 is 1.12 bits per heavy atom. The average Bonchev–Trinajstić information content (AvgIpc) is 3.54. The Hall–Kier alpha value is -3.04. The van der Waals surface area contributed by atoms with Crippen LogP contribution in [-0.4, -0.2) is 81.9 Å². The minimum atomic E-state index is 0.375. The molecule has 5 rings (SSSR count). The maximum absolute atomic E-state index is 7.74. The molecule has 3 heterocycles. The first kappa shape index (κ1) is 22.7. The lowest BCUT2D eigenvalue weighted by molar-refractivity contribution is 0.145. The number of nitrogens with zero attached hydrogens (tertiary/aromatic N) is 6. The molecule has 0 spiro atoms. The third-order valence-corrected chi connectivity index (χ3v) is 6.90. The van der Waals surface area contributed by atoms with Gasteiger partial charge in [0, 0.05) is 38.8 Å². The van der Waals surface area contributed by atoms with Crippen LogP contribution >= 0.6 is 0 Å². The molecule has 9 heteroatoms. The monoisotopic (exact) mass is 462 g/mol. The van der Waals surface area contributed by atoms with Crippen molar-refractivity contribution in [3.05, 3.63) is 36.4 Å². The summed E-state index contributed by atoms with van der Waals surface area (Å²) >= 11 is 0. The zero-order valence-corrected chi connectivity index (χ0v) is 19.9. The Bertz CT molecular complexity index is 1120. The quantitative estimate of drug-likeness (QED) is 0.370. The minimum Gasteiger partial charge on any atom is -0.491 e. The highest BCUT2D eigenvalue weighted by molar-refractivity contribution is 5.89. The van der Waals surface area contributed by atoms with Gasteiger partial charge in [0.15, 0.2) is 22.8 Å². The highest BCUT2D eigenvalue weighted by atomic mass is 16.5. The van der Waals surface area contributed by atoms with E-state index in [0.29, 0.717) is 24.3 Å². The van der Waals surface area contributed by atoms with Crippen LogP contribution in [0.15, 0.2) is 30.6 Å². The van der Waals surface area contributed by atoms with Gasteiger partial charge in [-0.2, -0.15) is 0 Å². The molecule has 180 valence electrons. The van der Waals surface area contributed by atoms with Crippen LogP contribution in [0.2, 0.25) is 0 Å². The van der Waals surface area contributed by atoms with Crippen molar-refractivity contribution in [1.82, 2.24) is 29.3 Å². The van der Waals surface area contributed by atoms with Gasteiger partial charge in [0.2, 0.25) is 0 Å². The third kappa shape index (κ3) is 5.05. The van der Waals surface area contributed by atoms with Crippen molar-refractivity contribution in [3.63, 3.8) is 0 Å². The van der Waals surface area contributed by atoms with Gasteiger partial charge in [-0.3, -0.25) is 0 Å².